The zero-order chi connectivity index (χ0) is 14.8. The highest BCUT2D eigenvalue weighted by Gasteiger charge is 2.33. The number of amides is 2. The van der Waals surface area contributed by atoms with Gasteiger partial charge in [-0.2, -0.15) is 0 Å². The summed E-state index contributed by atoms with van der Waals surface area (Å²) in [6.07, 6.45) is 4.98. The zero-order valence-electron chi connectivity index (χ0n) is 12.1. The van der Waals surface area contributed by atoms with Gasteiger partial charge in [0.05, 0.1) is 6.54 Å². The number of rotatable bonds is 5. The highest BCUT2D eigenvalue weighted by atomic mass is 16.2. The average Bonchev–Trinajstić information content (AvgIpc) is 3.29. The van der Waals surface area contributed by atoms with Gasteiger partial charge in [-0.3, -0.25) is 14.9 Å². The number of aromatic nitrogens is 1. The molecule has 1 aromatic rings. The van der Waals surface area contributed by atoms with Crippen LogP contribution in [-0.2, 0) is 16.1 Å². The lowest BCUT2D eigenvalue weighted by atomic mass is 10.1. The van der Waals surface area contributed by atoms with Crippen molar-refractivity contribution in [3.05, 3.63) is 23.9 Å². The normalized spacial score (nSPS) is 22.3. The minimum atomic E-state index is -0.328. The van der Waals surface area contributed by atoms with Crippen molar-refractivity contribution in [3.63, 3.8) is 0 Å². The van der Waals surface area contributed by atoms with E-state index >= 15 is 0 Å². The van der Waals surface area contributed by atoms with E-state index in [2.05, 4.69) is 15.6 Å². The molecule has 6 nitrogen and oxygen atoms in total. The minimum Gasteiger partial charge on any atom is -0.335 e. The van der Waals surface area contributed by atoms with E-state index in [0.717, 1.165) is 12.1 Å². The summed E-state index contributed by atoms with van der Waals surface area (Å²) in [7, 11) is 0. The molecule has 1 aromatic heterocycles. The Morgan fingerprint density at radius 1 is 1.38 bits per heavy atom. The number of hydrogen-bond donors (Lipinski definition) is 2. The molecule has 1 atom stereocenters. The summed E-state index contributed by atoms with van der Waals surface area (Å²) in [5, 5.41) is 5.81. The van der Waals surface area contributed by atoms with Crippen LogP contribution in [0.1, 0.15) is 31.7 Å². The van der Waals surface area contributed by atoms with Gasteiger partial charge in [-0.25, -0.2) is 4.98 Å². The molecule has 0 bridgehead atoms. The second-order valence-corrected chi connectivity index (χ2v) is 5.64. The summed E-state index contributed by atoms with van der Waals surface area (Å²) in [5.74, 6) is 0.168. The maximum atomic E-state index is 11.9. The molecule has 0 spiro atoms. The van der Waals surface area contributed by atoms with Gasteiger partial charge in [0.2, 0.25) is 11.8 Å². The molecular weight excluding hydrogens is 268 g/mol. The van der Waals surface area contributed by atoms with Crippen molar-refractivity contribution in [3.8, 4) is 0 Å². The van der Waals surface area contributed by atoms with Crippen molar-refractivity contribution in [2.45, 2.75) is 44.8 Å². The Hall–Kier alpha value is -1.95. The van der Waals surface area contributed by atoms with E-state index in [0.29, 0.717) is 18.3 Å². The summed E-state index contributed by atoms with van der Waals surface area (Å²) >= 11 is 0. The Morgan fingerprint density at radius 3 is 2.81 bits per heavy atom. The van der Waals surface area contributed by atoms with Crippen molar-refractivity contribution in [2.24, 2.45) is 0 Å². The standard InChI is InChI=1S/C15H20N4O2/c1-2-12-15(21)18-14(20)9-19(12)13-6-3-10(8-17-13)7-16-11-4-5-11/h3,6,8,11-12,16H,2,4-5,7,9H2,1H3,(H,18,20,21). The van der Waals surface area contributed by atoms with E-state index in [9.17, 15) is 9.59 Å². The molecule has 1 saturated carbocycles. The molecule has 1 unspecified atom stereocenters. The van der Waals surface area contributed by atoms with Crippen molar-refractivity contribution >= 4 is 17.6 Å². The first kappa shape index (κ1) is 14.0. The van der Waals surface area contributed by atoms with Gasteiger partial charge in [0.15, 0.2) is 0 Å². The minimum absolute atomic E-state index is 0.177. The monoisotopic (exact) mass is 288 g/mol. The number of piperazine rings is 1. The third kappa shape index (κ3) is 3.21. The maximum absolute atomic E-state index is 11.9. The van der Waals surface area contributed by atoms with Gasteiger partial charge in [-0.15, -0.1) is 0 Å². The predicted octanol–water partition coefficient (Wildman–Crippen LogP) is 0.575. The Kier molecular flexibility index (Phi) is 3.88. The van der Waals surface area contributed by atoms with Crippen LogP contribution in [0.15, 0.2) is 18.3 Å². The van der Waals surface area contributed by atoms with E-state index in [4.69, 9.17) is 0 Å². The molecule has 21 heavy (non-hydrogen) atoms. The number of imide groups is 1. The number of pyridine rings is 1. The van der Waals surface area contributed by atoms with Crippen LogP contribution in [0.2, 0.25) is 0 Å². The summed E-state index contributed by atoms with van der Waals surface area (Å²) in [6, 6.07) is 4.23. The molecule has 2 N–H and O–H groups in total. The molecule has 112 valence electrons. The molecule has 3 rings (SSSR count). The van der Waals surface area contributed by atoms with Gasteiger partial charge in [0.25, 0.3) is 0 Å². The fourth-order valence-corrected chi connectivity index (χ4v) is 2.55. The molecular formula is C15H20N4O2. The number of carbonyl (C=O) groups is 2. The van der Waals surface area contributed by atoms with Gasteiger partial charge in [-0.1, -0.05) is 13.0 Å². The Bertz CT molecular complexity index is 539. The lowest BCUT2D eigenvalue weighted by Gasteiger charge is -2.34. The number of nitrogens with zero attached hydrogens (tertiary/aromatic N) is 2. The summed E-state index contributed by atoms with van der Waals surface area (Å²) in [5.41, 5.74) is 1.12. The predicted molar refractivity (Wildman–Crippen MR) is 78.7 cm³/mol. The first-order valence-corrected chi connectivity index (χ1v) is 7.46. The first-order valence-electron chi connectivity index (χ1n) is 7.46. The van der Waals surface area contributed by atoms with Crippen molar-refractivity contribution in [2.75, 3.05) is 11.4 Å². The smallest absolute Gasteiger partial charge is 0.249 e. The van der Waals surface area contributed by atoms with Gasteiger partial charge in [0, 0.05) is 18.8 Å². The molecule has 2 aliphatic rings. The summed E-state index contributed by atoms with van der Waals surface area (Å²) in [6.45, 7) is 2.92. The zero-order valence-corrected chi connectivity index (χ0v) is 12.1. The number of carbonyl (C=O) groups excluding carboxylic acids is 2. The van der Waals surface area contributed by atoms with Crippen LogP contribution in [0.25, 0.3) is 0 Å². The molecule has 6 heteroatoms. The Balaban J connectivity index is 1.71. The van der Waals surface area contributed by atoms with E-state index in [1.165, 1.54) is 12.8 Å². The number of nitrogens with one attached hydrogen (secondary N) is 2. The number of anilines is 1. The summed E-state index contributed by atoms with van der Waals surface area (Å²) in [4.78, 5) is 29.6. The van der Waals surface area contributed by atoms with Crippen LogP contribution in [0.5, 0.6) is 0 Å². The van der Waals surface area contributed by atoms with Gasteiger partial charge < -0.3 is 10.2 Å². The second-order valence-electron chi connectivity index (χ2n) is 5.64. The van der Waals surface area contributed by atoms with Crippen LogP contribution in [0.4, 0.5) is 5.82 Å². The van der Waals surface area contributed by atoms with Gasteiger partial charge in [-0.05, 0) is 30.9 Å². The van der Waals surface area contributed by atoms with Crippen LogP contribution in [0, 0.1) is 0 Å². The van der Waals surface area contributed by atoms with E-state index < -0.39 is 0 Å². The van der Waals surface area contributed by atoms with Crippen molar-refractivity contribution < 1.29 is 9.59 Å². The lowest BCUT2D eigenvalue weighted by Crippen LogP contribution is -2.58. The number of hydrogen-bond acceptors (Lipinski definition) is 5. The SMILES string of the molecule is CCC1C(=O)NC(=O)CN1c1ccc(CNC2CC2)cn1. The van der Waals surface area contributed by atoms with Crippen LogP contribution < -0.4 is 15.5 Å². The molecule has 2 heterocycles. The molecule has 0 radical (unpaired) electrons. The van der Waals surface area contributed by atoms with Crippen LogP contribution in [0.3, 0.4) is 0 Å². The van der Waals surface area contributed by atoms with E-state index in [1.54, 1.807) is 4.90 Å². The third-order valence-electron chi connectivity index (χ3n) is 3.92. The summed E-state index contributed by atoms with van der Waals surface area (Å²) < 4.78 is 0. The van der Waals surface area contributed by atoms with Crippen molar-refractivity contribution in [1.29, 1.82) is 0 Å². The average molecular weight is 288 g/mol. The van der Waals surface area contributed by atoms with E-state index in [-0.39, 0.29) is 24.4 Å². The molecule has 2 amide bonds. The molecule has 0 aromatic carbocycles. The Labute approximate surface area is 123 Å². The van der Waals surface area contributed by atoms with Gasteiger partial charge in [0.1, 0.15) is 11.9 Å². The molecule has 1 aliphatic heterocycles. The topological polar surface area (TPSA) is 74.3 Å². The highest BCUT2D eigenvalue weighted by molar-refractivity contribution is 6.04. The molecule has 1 aliphatic carbocycles. The highest BCUT2D eigenvalue weighted by Crippen LogP contribution is 2.21. The second kappa shape index (κ2) is 5.81. The van der Waals surface area contributed by atoms with Gasteiger partial charge >= 0.3 is 0 Å². The lowest BCUT2D eigenvalue weighted by molar-refractivity contribution is -0.132. The fraction of sp³-hybridized carbons (Fsp3) is 0.533. The largest absolute Gasteiger partial charge is 0.335 e. The van der Waals surface area contributed by atoms with Crippen LogP contribution in [-0.4, -0.2) is 35.4 Å². The Morgan fingerprint density at radius 2 is 2.19 bits per heavy atom. The quantitative estimate of drug-likeness (QED) is 0.775. The van der Waals surface area contributed by atoms with Crippen molar-refractivity contribution in [1.82, 2.24) is 15.6 Å². The van der Waals surface area contributed by atoms with Crippen LogP contribution >= 0.6 is 0 Å². The van der Waals surface area contributed by atoms with E-state index in [1.807, 2.05) is 25.3 Å². The fourth-order valence-electron chi connectivity index (χ4n) is 2.55. The molecule has 1 saturated heterocycles. The third-order valence-corrected chi connectivity index (χ3v) is 3.92. The maximum Gasteiger partial charge on any atom is 0.249 e. The molecule has 2 fully saturated rings. The first-order chi connectivity index (χ1) is 10.2.